The first kappa shape index (κ1) is 32.9. The van der Waals surface area contributed by atoms with E-state index in [1.54, 1.807) is 12.1 Å². The normalized spacial score (nSPS) is 12.9. The summed E-state index contributed by atoms with van der Waals surface area (Å²) in [5.74, 6) is -5.85. The summed E-state index contributed by atoms with van der Waals surface area (Å²) in [7, 11) is -0.176. The lowest BCUT2D eigenvalue weighted by Gasteiger charge is -2.28. The Morgan fingerprint density at radius 2 is 1.66 bits per heavy atom. The number of pyridine rings is 1. The van der Waals surface area contributed by atoms with Crippen LogP contribution in [-0.4, -0.2) is 83.7 Å². The second-order valence-corrected chi connectivity index (χ2v) is 9.62. The van der Waals surface area contributed by atoms with Gasteiger partial charge in [0.15, 0.2) is 0 Å². The fourth-order valence-corrected chi connectivity index (χ4v) is 3.73. The number of aliphatic hydroxyl groups excluding tert-OH is 1. The number of carboxylic acid groups (broad SMARTS) is 1. The Balaban J connectivity index is 2.26. The number of aliphatic carboxylic acids is 1. The fraction of sp³-hybridized carbons (Fsp3) is 0.407. The predicted molar refractivity (Wildman–Crippen MR) is 148 cm³/mol. The zero-order chi connectivity index (χ0) is 30.5. The molecule has 0 bridgehead atoms. The summed E-state index contributed by atoms with van der Waals surface area (Å²) in [6, 6.07) is 12.5. The van der Waals surface area contributed by atoms with Crippen LogP contribution in [0, 0.1) is 5.92 Å². The van der Waals surface area contributed by atoms with Crippen LogP contribution in [0.3, 0.4) is 0 Å². The van der Waals surface area contributed by atoms with E-state index in [-0.39, 0.29) is 18.0 Å². The molecule has 13 nitrogen and oxygen atoms in total. The van der Waals surface area contributed by atoms with E-state index < -0.39 is 67.9 Å². The Bertz CT molecular complexity index is 1210. The maximum atomic E-state index is 13.3. The third-order valence-electron chi connectivity index (χ3n) is 5.68. The smallest absolute Gasteiger partial charge is 0.508 e. The maximum absolute atomic E-state index is 13.3. The number of nitrogens with one attached hydrogen (secondary N) is 3. The maximum Gasteiger partial charge on any atom is 0.551 e. The van der Waals surface area contributed by atoms with E-state index in [1.807, 2.05) is 44.2 Å². The molecule has 0 radical (unpaired) electrons. The first-order valence-electron chi connectivity index (χ1n) is 13.0. The molecular formula is C27H35BN4O9. The standard InChI is InChI=1S/C27H35BN4O9/c1-16(2)13-21(28(40-15-22(34)29-4)41-24(37)14-23(35)36)31-27(39)25(17(3)33)32-26(38)20-12-8-11-19(30-20)18-9-6-5-7-10-18/h5-12,16-17,21,25,33H,13-15H2,1-4H3,(H,29,34)(H,31,39)(H,32,38)(H,35,36)/t17-,21+,25?/m1/s1. The number of carboxylic acids is 1. The molecule has 0 aliphatic heterocycles. The summed E-state index contributed by atoms with van der Waals surface area (Å²) in [6.07, 6.45) is -2.15. The molecule has 1 heterocycles. The summed E-state index contributed by atoms with van der Waals surface area (Å²) in [4.78, 5) is 65.6. The number of carbonyl (C=O) groups is 5. The Morgan fingerprint density at radius 1 is 0.976 bits per heavy atom. The number of nitrogens with zero attached hydrogens (tertiary/aromatic N) is 1. The van der Waals surface area contributed by atoms with Crippen LogP contribution in [0.1, 0.15) is 44.1 Å². The summed E-state index contributed by atoms with van der Waals surface area (Å²) in [5, 5.41) is 26.7. The summed E-state index contributed by atoms with van der Waals surface area (Å²) >= 11 is 0. The van der Waals surface area contributed by atoms with Crippen molar-refractivity contribution in [1.82, 2.24) is 20.9 Å². The number of carbonyl (C=O) groups excluding carboxylic acids is 4. The molecule has 0 saturated heterocycles. The molecule has 0 fully saturated rings. The minimum absolute atomic E-state index is 0.0120. The lowest BCUT2D eigenvalue weighted by atomic mass is 9.73. The van der Waals surface area contributed by atoms with Gasteiger partial charge in [0.2, 0.25) is 11.8 Å². The zero-order valence-electron chi connectivity index (χ0n) is 23.3. The lowest BCUT2D eigenvalue weighted by Crippen LogP contribution is -2.59. The molecular weight excluding hydrogens is 535 g/mol. The van der Waals surface area contributed by atoms with Crippen LogP contribution in [0.2, 0.25) is 0 Å². The van der Waals surface area contributed by atoms with Gasteiger partial charge in [-0.2, -0.15) is 0 Å². The van der Waals surface area contributed by atoms with Crippen molar-refractivity contribution in [3.63, 3.8) is 0 Å². The van der Waals surface area contributed by atoms with Gasteiger partial charge in [0.05, 0.1) is 17.7 Å². The number of aliphatic hydroxyl groups is 1. The van der Waals surface area contributed by atoms with Crippen LogP contribution in [-0.2, 0) is 28.5 Å². The molecule has 5 N–H and O–H groups in total. The van der Waals surface area contributed by atoms with E-state index in [9.17, 15) is 29.1 Å². The van der Waals surface area contributed by atoms with E-state index in [0.717, 1.165) is 5.56 Å². The van der Waals surface area contributed by atoms with Crippen LogP contribution in [0.4, 0.5) is 0 Å². The Hall–Kier alpha value is -4.30. The second-order valence-electron chi connectivity index (χ2n) is 9.62. The average Bonchev–Trinajstić information content (AvgIpc) is 2.92. The molecule has 3 amide bonds. The number of likely N-dealkylation sites (N-methyl/N-ethyl adjacent to an activating group) is 1. The van der Waals surface area contributed by atoms with Crippen LogP contribution in [0.15, 0.2) is 48.5 Å². The van der Waals surface area contributed by atoms with Crippen molar-refractivity contribution in [2.45, 2.75) is 51.7 Å². The van der Waals surface area contributed by atoms with Gasteiger partial charge in [0, 0.05) is 12.6 Å². The highest BCUT2D eigenvalue weighted by molar-refractivity contribution is 6.49. The van der Waals surface area contributed by atoms with Gasteiger partial charge in [0.25, 0.3) is 5.91 Å². The molecule has 0 aliphatic carbocycles. The molecule has 1 aromatic heterocycles. The summed E-state index contributed by atoms with van der Waals surface area (Å²) in [5.41, 5.74) is 1.33. The van der Waals surface area contributed by atoms with Gasteiger partial charge in [-0.1, -0.05) is 50.2 Å². The van der Waals surface area contributed by atoms with Crippen molar-refractivity contribution in [1.29, 1.82) is 0 Å². The highest BCUT2D eigenvalue weighted by Crippen LogP contribution is 2.17. The van der Waals surface area contributed by atoms with Gasteiger partial charge >= 0.3 is 19.1 Å². The molecule has 14 heteroatoms. The molecule has 1 unspecified atom stereocenters. The number of aromatic nitrogens is 1. The van der Waals surface area contributed by atoms with Crippen molar-refractivity contribution in [3.8, 4) is 11.3 Å². The van der Waals surface area contributed by atoms with Crippen LogP contribution < -0.4 is 16.0 Å². The number of hydrogen-bond acceptors (Lipinski definition) is 9. The minimum Gasteiger partial charge on any atom is -0.508 e. The third kappa shape index (κ3) is 11.0. The van der Waals surface area contributed by atoms with E-state index in [0.29, 0.717) is 5.69 Å². The van der Waals surface area contributed by atoms with Gasteiger partial charge in [-0.3, -0.25) is 24.0 Å². The quantitative estimate of drug-likeness (QED) is 0.149. The van der Waals surface area contributed by atoms with E-state index in [1.165, 1.54) is 20.0 Å². The molecule has 0 saturated carbocycles. The van der Waals surface area contributed by atoms with Crippen LogP contribution >= 0.6 is 0 Å². The van der Waals surface area contributed by atoms with Crippen molar-refractivity contribution in [2.24, 2.45) is 5.92 Å². The molecule has 0 aliphatic rings. The Morgan fingerprint density at radius 3 is 2.24 bits per heavy atom. The highest BCUT2D eigenvalue weighted by atomic mass is 16.6. The zero-order valence-corrected chi connectivity index (χ0v) is 23.3. The molecule has 3 atom stereocenters. The molecule has 1 aromatic carbocycles. The van der Waals surface area contributed by atoms with Gasteiger partial charge in [-0.15, -0.1) is 0 Å². The van der Waals surface area contributed by atoms with E-state index in [4.69, 9.17) is 14.4 Å². The number of amides is 3. The van der Waals surface area contributed by atoms with Crippen molar-refractivity contribution in [3.05, 3.63) is 54.2 Å². The SMILES string of the molecule is CNC(=O)COB(OC(=O)CC(=O)O)[C@H](CC(C)C)NC(=O)C(NC(=O)c1cccc(-c2ccccc2)n1)[C@@H](C)O. The van der Waals surface area contributed by atoms with Crippen LogP contribution in [0.25, 0.3) is 11.3 Å². The average molecular weight is 570 g/mol. The van der Waals surface area contributed by atoms with Crippen molar-refractivity contribution >= 4 is 36.8 Å². The third-order valence-corrected chi connectivity index (χ3v) is 5.68. The molecule has 0 spiro atoms. The minimum atomic E-state index is -1.54. The number of rotatable bonds is 15. The second kappa shape index (κ2) is 16.1. The topological polar surface area (TPSA) is 193 Å². The number of hydrogen-bond donors (Lipinski definition) is 5. The molecule has 2 aromatic rings. The summed E-state index contributed by atoms with van der Waals surface area (Å²) < 4.78 is 10.6. The fourth-order valence-electron chi connectivity index (χ4n) is 3.73. The van der Waals surface area contributed by atoms with Gasteiger partial charge in [-0.25, -0.2) is 4.98 Å². The van der Waals surface area contributed by atoms with E-state index >= 15 is 0 Å². The highest BCUT2D eigenvalue weighted by Gasteiger charge is 2.39. The first-order valence-corrected chi connectivity index (χ1v) is 13.0. The van der Waals surface area contributed by atoms with Gasteiger partial charge < -0.3 is 35.5 Å². The molecule has 2 rings (SSSR count). The lowest BCUT2D eigenvalue weighted by molar-refractivity contribution is -0.147. The molecule has 220 valence electrons. The predicted octanol–water partition coefficient (Wildman–Crippen LogP) is 0.567. The molecule has 41 heavy (non-hydrogen) atoms. The largest absolute Gasteiger partial charge is 0.551 e. The summed E-state index contributed by atoms with van der Waals surface area (Å²) in [6.45, 7) is 4.38. The Labute approximate surface area is 238 Å². The van der Waals surface area contributed by atoms with Crippen LogP contribution in [0.5, 0.6) is 0 Å². The van der Waals surface area contributed by atoms with Gasteiger partial charge in [-0.05, 0) is 31.4 Å². The first-order chi connectivity index (χ1) is 19.4. The van der Waals surface area contributed by atoms with Crippen molar-refractivity contribution < 1.29 is 43.5 Å². The van der Waals surface area contributed by atoms with Gasteiger partial charge in [0.1, 0.15) is 24.8 Å². The Kier molecular flexibility index (Phi) is 12.9. The van der Waals surface area contributed by atoms with Crippen molar-refractivity contribution in [2.75, 3.05) is 13.7 Å². The number of benzene rings is 1. The monoisotopic (exact) mass is 570 g/mol. The van der Waals surface area contributed by atoms with E-state index in [2.05, 4.69) is 20.9 Å².